The maximum atomic E-state index is 11.6. The largest absolute Gasteiger partial charge is 0.331 e. The number of aryl methyl sites for hydroxylation is 1. The number of carbonyl (C=O) groups is 1. The van der Waals surface area contributed by atoms with E-state index in [9.17, 15) is 14.9 Å². The molecule has 0 unspecified atom stereocenters. The first-order chi connectivity index (χ1) is 8.49. The molecule has 6 heteroatoms. The Hall–Kier alpha value is -2.11. The molecule has 0 bridgehead atoms. The van der Waals surface area contributed by atoms with Crippen LogP contribution in [0.2, 0.25) is 0 Å². The van der Waals surface area contributed by atoms with E-state index in [1.165, 1.54) is 11.0 Å². The fourth-order valence-corrected chi connectivity index (χ4v) is 2.13. The van der Waals surface area contributed by atoms with Crippen LogP contribution in [-0.2, 0) is 6.42 Å². The van der Waals surface area contributed by atoms with E-state index in [0.29, 0.717) is 0 Å². The van der Waals surface area contributed by atoms with Crippen molar-refractivity contribution in [2.75, 3.05) is 14.1 Å². The molecular weight excluding hydrogens is 234 g/mol. The zero-order valence-electron chi connectivity index (χ0n) is 10.3. The van der Waals surface area contributed by atoms with Gasteiger partial charge >= 0.3 is 6.03 Å². The monoisotopic (exact) mass is 249 g/mol. The predicted molar refractivity (Wildman–Crippen MR) is 66.4 cm³/mol. The lowest BCUT2D eigenvalue weighted by Crippen LogP contribution is -2.36. The number of urea groups is 1. The number of nitro groups is 1. The molecule has 0 aromatic heterocycles. The number of carbonyl (C=O) groups excluding carboxylic acids is 1. The third-order valence-electron chi connectivity index (χ3n) is 3.12. The highest BCUT2D eigenvalue weighted by Gasteiger charge is 2.26. The summed E-state index contributed by atoms with van der Waals surface area (Å²) in [5.41, 5.74) is 2.00. The normalized spacial score (nSPS) is 17.1. The van der Waals surface area contributed by atoms with Gasteiger partial charge in [0.1, 0.15) is 0 Å². The van der Waals surface area contributed by atoms with E-state index in [1.807, 2.05) is 0 Å². The maximum Gasteiger partial charge on any atom is 0.317 e. The summed E-state index contributed by atoms with van der Waals surface area (Å²) in [7, 11) is 3.33. The van der Waals surface area contributed by atoms with Crippen molar-refractivity contribution in [3.05, 3.63) is 39.4 Å². The van der Waals surface area contributed by atoms with Crippen LogP contribution in [0.1, 0.15) is 23.6 Å². The van der Waals surface area contributed by atoms with Crippen LogP contribution in [-0.4, -0.2) is 29.9 Å². The molecular formula is C12H15N3O3. The molecule has 0 spiro atoms. The number of hydrogen-bond donors (Lipinski definition) is 1. The number of fused-ring (bicyclic) bond motifs is 1. The van der Waals surface area contributed by atoms with Crippen molar-refractivity contribution in [3.8, 4) is 0 Å². The van der Waals surface area contributed by atoms with Gasteiger partial charge in [0.25, 0.3) is 5.69 Å². The van der Waals surface area contributed by atoms with Gasteiger partial charge in [-0.1, -0.05) is 6.07 Å². The molecule has 96 valence electrons. The number of nitrogens with one attached hydrogen (secondary N) is 1. The van der Waals surface area contributed by atoms with Crippen molar-refractivity contribution in [1.29, 1.82) is 0 Å². The summed E-state index contributed by atoms with van der Waals surface area (Å²) in [6.45, 7) is 0. The second kappa shape index (κ2) is 4.64. The van der Waals surface area contributed by atoms with Gasteiger partial charge in [0, 0.05) is 26.2 Å². The molecule has 1 aromatic carbocycles. The first-order valence-corrected chi connectivity index (χ1v) is 5.74. The lowest BCUT2D eigenvalue weighted by atomic mass is 10.1. The van der Waals surface area contributed by atoms with Gasteiger partial charge in [-0.25, -0.2) is 4.79 Å². The molecule has 0 fully saturated rings. The number of nitro benzene ring substituents is 1. The average Bonchev–Trinajstić information content (AvgIpc) is 2.71. The van der Waals surface area contributed by atoms with E-state index in [4.69, 9.17) is 0 Å². The van der Waals surface area contributed by atoms with Crippen LogP contribution in [0.3, 0.4) is 0 Å². The molecule has 6 nitrogen and oxygen atoms in total. The Labute approximate surface area is 105 Å². The van der Waals surface area contributed by atoms with Gasteiger partial charge in [0.05, 0.1) is 11.0 Å². The Balaban J connectivity index is 2.23. The van der Waals surface area contributed by atoms with Crippen molar-refractivity contribution in [1.82, 2.24) is 10.2 Å². The van der Waals surface area contributed by atoms with E-state index >= 15 is 0 Å². The minimum absolute atomic E-state index is 0.0692. The molecule has 18 heavy (non-hydrogen) atoms. The Morgan fingerprint density at radius 3 is 2.83 bits per heavy atom. The SMILES string of the molecule is CN(C)C(=O)N[C@@H]1CCc2ccc([N+](=O)[O-])cc21. The van der Waals surface area contributed by atoms with Gasteiger partial charge in [-0.05, 0) is 24.0 Å². The quantitative estimate of drug-likeness (QED) is 0.642. The molecule has 1 aliphatic rings. The molecule has 0 saturated carbocycles. The first-order valence-electron chi connectivity index (χ1n) is 5.74. The van der Waals surface area contributed by atoms with Gasteiger partial charge < -0.3 is 10.2 Å². The molecule has 0 radical (unpaired) electrons. The van der Waals surface area contributed by atoms with E-state index in [2.05, 4.69) is 5.32 Å². The highest BCUT2D eigenvalue weighted by Crippen LogP contribution is 2.33. The number of non-ortho nitro benzene ring substituents is 1. The smallest absolute Gasteiger partial charge is 0.317 e. The molecule has 0 aliphatic heterocycles. The number of nitrogens with zero attached hydrogens (tertiary/aromatic N) is 2. The summed E-state index contributed by atoms with van der Waals surface area (Å²) in [5.74, 6) is 0. The van der Waals surface area contributed by atoms with Crippen molar-refractivity contribution in [3.63, 3.8) is 0 Å². The van der Waals surface area contributed by atoms with Crippen molar-refractivity contribution < 1.29 is 9.72 Å². The standard InChI is InChI=1S/C12H15N3O3/c1-14(2)12(16)13-11-6-4-8-3-5-9(15(17)18)7-10(8)11/h3,5,7,11H,4,6H2,1-2H3,(H,13,16)/t11-/m1/s1. The second-order valence-corrected chi connectivity index (χ2v) is 4.58. The van der Waals surface area contributed by atoms with Crippen LogP contribution in [0.25, 0.3) is 0 Å². The van der Waals surface area contributed by atoms with E-state index in [1.54, 1.807) is 26.2 Å². The summed E-state index contributed by atoms with van der Waals surface area (Å²) in [6.07, 6.45) is 1.63. The predicted octanol–water partition coefficient (Wildman–Crippen LogP) is 1.85. The van der Waals surface area contributed by atoms with Gasteiger partial charge in [-0.15, -0.1) is 0 Å². The minimum atomic E-state index is -0.413. The summed E-state index contributed by atoms with van der Waals surface area (Å²) < 4.78 is 0. The molecule has 0 saturated heterocycles. The van der Waals surface area contributed by atoms with Crippen LogP contribution < -0.4 is 5.32 Å². The molecule has 0 heterocycles. The minimum Gasteiger partial charge on any atom is -0.331 e. The summed E-state index contributed by atoms with van der Waals surface area (Å²) in [5, 5.41) is 13.6. The van der Waals surface area contributed by atoms with Gasteiger partial charge in [0.2, 0.25) is 0 Å². The van der Waals surface area contributed by atoms with Crippen LogP contribution in [0.4, 0.5) is 10.5 Å². The van der Waals surface area contributed by atoms with Gasteiger partial charge in [-0.2, -0.15) is 0 Å². The van der Waals surface area contributed by atoms with Gasteiger partial charge in [0.15, 0.2) is 0 Å². The van der Waals surface area contributed by atoms with Crippen LogP contribution in [0.15, 0.2) is 18.2 Å². The molecule has 2 amide bonds. The molecule has 2 rings (SSSR count). The zero-order chi connectivity index (χ0) is 13.3. The van der Waals surface area contributed by atoms with Crippen molar-refractivity contribution in [2.24, 2.45) is 0 Å². The topological polar surface area (TPSA) is 75.5 Å². The highest BCUT2D eigenvalue weighted by atomic mass is 16.6. The number of hydrogen-bond acceptors (Lipinski definition) is 3. The van der Waals surface area contributed by atoms with Crippen LogP contribution in [0.5, 0.6) is 0 Å². The van der Waals surface area contributed by atoms with Gasteiger partial charge in [-0.3, -0.25) is 10.1 Å². The van der Waals surface area contributed by atoms with Crippen molar-refractivity contribution in [2.45, 2.75) is 18.9 Å². The average molecular weight is 249 g/mol. The third kappa shape index (κ3) is 2.27. The molecule has 1 atom stereocenters. The fraction of sp³-hybridized carbons (Fsp3) is 0.417. The molecule has 1 aromatic rings. The number of amides is 2. The number of benzene rings is 1. The van der Waals surface area contributed by atoms with Crippen LogP contribution >= 0.6 is 0 Å². The Morgan fingerprint density at radius 2 is 2.22 bits per heavy atom. The van der Waals surface area contributed by atoms with E-state index in [0.717, 1.165) is 24.0 Å². The Morgan fingerprint density at radius 1 is 1.50 bits per heavy atom. The lowest BCUT2D eigenvalue weighted by molar-refractivity contribution is -0.384. The number of rotatable bonds is 2. The lowest BCUT2D eigenvalue weighted by Gasteiger charge is -2.17. The summed E-state index contributed by atoms with van der Waals surface area (Å²) in [6, 6.07) is 4.53. The zero-order valence-corrected chi connectivity index (χ0v) is 10.3. The van der Waals surface area contributed by atoms with E-state index in [-0.39, 0.29) is 17.8 Å². The Bertz CT molecular complexity index is 499. The maximum absolute atomic E-state index is 11.6. The second-order valence-electron chi connectivity index (χ2n) is 4.58. The Kier molecular flexibility index (Phi) is 3.18. The molecule has 1 N–H and O–H groups in total. The van der Waals surface area contributed by atoms with Crippen LogP contribution in [0, 0.1) is 10.1 Å². The highest BCUT2D eigenvalue weighted by molar-refractivity contribution is 5.74. The molecule has 1 aliphatic carbocycles. The fourth-order valence-electron chi connectivity index (χ4n) is 2.13. The summed E-state index contributed by atoms with van der Waals surface area (Å²) in [4.78, 5) is 23.4. The van der Waals surface area contributed by atoms with Crippen molar-refractivity contribution >= 4 is 11.7 Å². The third-order valence-corrected chi connectivity index (χ3v) is 3.12. The van der Waals surface area contributed by atoms with E-state index < -0.39 is 4.92 Å². The summed E-state index contributed by atoms with van der Waals surface area (Å²) >= 11 is 0. The first kappa shape index (κ1) is 12.3.